The molecule has 1 unspecified atom stereocenters. The Labute approximate surface area is 134 Å². The fourth-order valence-electron chi connectivity index (χ4n) is 2.10. The van der Waals surface area contributed by atoms with Gasteiger partial charge in [0.1, 0.15) is 6.10 Å². The molecule has 2 rings (SSSR count). The lowest BCUT2D eigenvalue weighted by molar-refractivity contribution is 0.222. The van der Waals surface area contributed by atoms with E-state index in [0.717, 1.165) is 10.4 Å². The second-order valence-electron chi connectivity index (χ2n) is 4.56. The van der Waals surface area contributed by atoms with Crippen molar-refractivity contribution in [2.24, 2.45) is 0 Å². The zero-order valence-electron chi connectivity index (χ0n) is 12.4. The minimum Gasteiger partial charge on any atom is -0.490 e. The maximum Gasteiger partial charge on any atom is 0.162 e. The summed E-state index contributed by atoms with van der Waals surface area (Å²) in [6, 6.07) is 5.45. The molecule has 1 N–H and O–H groups in total. The molecule has 5 heteroatoms. The summed E-state index contributed by atoms with van der Waals surface area (Å²) in [5.74, 6) is 1.20. The number of ether oxygens (including phenoxy) is 2. The predicted octanol–water partition coefficient (Wildman–Crippen LogP) is 4.59. The van der Waals surface area contributed by atoms with E-state index < -0.39 is 6.10 Å². The van der Waals surface area contributed by atoms with Crippen LogP contribution in [-0.2, 0) is 0 Å². The molecule has 3 nitrogen and oxygen atoms in total. The Morgan fingerprint density at radius 2 is 1.81 bits per heavy atom. The molecular formula is C16H19ClO3S. The van der Waals surface area contributed by atoms with Gasteiger partial charge in [-0.05, 0) is 43.8 Å². The standard InChI is InChI=1S/C16H19ClO3S/c1-4-19-13-8-11(12(17)9-14(13)20-5-2)15(18)16-10(3)6-7-21-16/h6-9,15,18H,4-5H2,1-3H3. The Bertz CT molecular complexity index is 610. The smallest absolute Gasteiger partial charge is 0.162 e. The Hall–Kier alpha value is -1.23. The Balaban J connectivity index is 2.44. The summed E-state index contributed by atoms with van der Waals surface area (Å²) in [7, 11) is 0. The average molecular weight is 327 g/mol. The van der Waals surface area contributed by atoms with Gasteiger partial charge in [0.2, 0.25) is 0 Å². The van der Waals surface area contributed by atoms with E-state index in [1.165, 1.54) is 11.3 Å². The third-order valence-corrected chi connectivity index (χ3v) is 4.51. The molecule has 21 heavy (non-hydrogen) atoms. The normalized spacial score (nSPS) is 12.2. The molecule has 1 aromatic carbocycles. The highest BCUT2D eigenvalue weighted by Gasteiger charge is 2.20. The molecule has 0 radical (unpaired) electrons. The number of aliphatic hydroxyl groups is 1. The van der Waals surface area contributed by atoms with Crippen LogP contribution < -0.4 is 9.47 Å². The average Bonchev–Trinajstić information content (AvgIpc) is 2.87. The van der Waals surface area contributed by atoms with E-state index in [2.05, 4.69) is 0 Å². The van der Waals surface area contributed by atoms with Crippen LogP contribution in [-0.4, -0.2) is 18.3 Å². The maximum atomic E-state index is 10.6. The SMILES string of the molecule is CCOc1cc(Cl)c(C(O)c2sccc2C)cc1OCC. The van der Waals surface area contributed by atoms with Crippen LogP contribution in [0.2, 0.25) is 5.02 Å². The number of hydrogen-bond donors (Lipinski definition) is 1. The number of aliphatic hydroxyl groups excluding tert-OH is 1. The van der Waals surface area contributed by atoms with Crippen molar-refractivity contribution in [3.8, 4) is 11.5 Å². The summed E-state index contributed by atoms with van der Waals surface area (Å²) < 4.78 is 11.1. The molecule has 0 aliphatic heterocycles. The fourth-order valence-corrected chi connectivity index (χ4v) is 3.29. The number of hydrogen-bond acceptors (Lipinski definition) is 4. The summed E-state index contributed by atoms with van der Waals surface area (Å²) in [5, 5.41) is 13.0. The summed E-state index contributed by atoms with van der Waals surface area (Å²) in [5.41, 5.74) is 1.68. The first-order valence-electron chi connectivity index (χ1n) is 6.89. The molecule has 0 bridgehead atoms. The van der Waals surface area contributed by atoms with Gasteiger partial charge in [0, 0.05) is 16.5 Å². The van der Waals surface area contributed by atoms with Gasteiger partial charge < -0.3 is 14.6 Å². The lowest BCUT2D eigenvalue weighted by Gasteiger charge is -2.17. The first kappa shape index (κ1) is 16.1. The molecule has 0 saturated heterocycles. The van der Waals surface area contributed by atoms with Crippen LogP contribution in [0.25, 0.3) is 0 Å². The molecule has 0 amide bonds. The molecule has 0 spiro atoms. The Morgan fingerprint density at radius 3 is 2.33 bits per heavy atom. The maximum absolute atomic E-state index is 10.6. The first-order valence-corrected chi connectivity index (χ1v) is 8.15. The highest BCUT2D eigenvalue weighted by molar-refractivity contribution is 7.10. The predicted molar refractivity (Wildman–Crippen MR) is 86.9 cm³/mol. The topological polar surface area (TPSA) is 38.7 Å². The van der Waals surface area contributed by atoms with Crippen molar-refractivity contribution in [1.82, 2.24) is 0 Å². The van der Waals surface area contributed by atoms with Gasteiger partial charge in [-0.15, -0.1) is 11.3 Å². The van der Waals surface area contributed by atoms with Crippen molar-refractivity contribution in [2.75, 3.05) is 13.2 Å². The van der Waals surface area contributed by atoms with Crippen LogP contribution in [0.15, 0.2) is 23.6 Å². The molecule has 0 saturated carbocycles. The van der Waals surface area contributed by atoms with Gasteiger partial charge in [0.05, 0.1) is 18.2 Å². The number of rotatable bonds is 6. The molecular weight excluding hydrogens is 308 g/mol. The minimum atomic E-state index is -0.757. The largest absolute Gasteiger partial charge is 0.490 e. The van der Waals surface area contributed by atoms with E-state index in [1.54, 1.807) is 12.1 Å². The van der Waals surface area contributed by atoms with Gasteiger partial charge in [0.25, 0.3) is 0 Å². The molecule has 0 fully saturated rings. The monoisotopic (exact) mass is 326 g/mol. The van der Waals surface area contributed by atoms with Crippen LogP contribution in [0.1, 0.15) is 36.0 Å². The highest BCUT2D eigenvalue weighted by Crippen LogP contribution is 2.39. The molecule has 2 aromatic rings. The number of thiophene rings is 1. The third-order valence-electron chi connectivity index (χ3n) is 3.11. The zero-order chi connectivity index (χ0) is 15.4. The minimum absolute atomic E-state index is 0.474. The van der Waals surface area contributed by atoms with E-state index >= 15 is 0 Å². The molecule has 114 valence electrons. The third kappa shape index (κ3) is 3.51. The summed E-state index contributed by atoms with van der Waals surface area (Å²) in [6.07, 6.45) is -0.757. The van der Waals surface area contributed by atoms with Gasteiger partial charge in [-0.3, -0.25) is 0 Å². The lowest BCUT2D eigenvalue weighted by Crippen LogP contribution is -2.04. The van der Waals surface area contributed by atoms with Crippen molar-refractivity contribution in [1.29, 1.82) is 0 Å². The van der Waals surface area contributed by atoms with E-state index in [-0.39, 0.29) is 0 Å². The van der Waals surface area contributed by atoms with E-state index in [0.29, 0.717) is 35.3 Å². The van der Waals surface area contributed by atoms with Gasteiger partial charge in [-0.2, -0.15) is 0 Å². The van der Waals surface area contributed by atoms with Crippen molar-refractivity contribution in [3.63, 3.8) is 0 Å². The van der Waals surface area contributed by atoms with Crippen LogP contribution >= 0.6 is 22.9 Å². The summed E-state index contributed by atoms with van der Waals surface area (Å²) in [4.78, 5) is 0.892. The molecule has 1 atom stereocenters. The van der Waals surface area contributed by atoms with Crippen molar-refractivity contribution >= 4 is 22.9 Å². The first-order chi connectivity index (χ1) is 10.1. The van der Waals surface area contributed by atoms with E-state index in [4.69, 9.17) is 21.1 Å². The molecule has 0 aliphatic rings. The van der Waals surface area contributed by atoms with Gasteiger partial charge in [-0.25, -0.2) is 0 Å². The van der Waals surface area contributed by atoms with Crippen LogP contribution in [0, 0.1) is 6.92 Å². The fraction of sp³-hybridized carbons (Fsp3) is 0.375. The quantitative estimate of drug-likeness (QED) is 0.843. The van der Waals surface area contributed by atoms with E-state index in [1.807, 2.05) is 32.2 Å². The van der Waals surface area contributed by atoms with Crippen LogP contribution in [0.3, 0.4) is 0 Å². The van der Waals surface area contributed by atoms with Gasteiger partial charge >= 0.3 is 0 Å². The lowest BCUT2D eigenvalue weighted by atomic mass is 10.0. The van der Waals surface area contributed by atoms with Crippen LogP contribution in [0.4, 0.5) is 0 Å². The van der Waals surface area contributed by atoms with Crippen molar-refractivity contribution in [2.45, 2.75) is 26.9 Å². The molecule has 1 aromatic heterocycles. The second kappa shape index (κ2) is 7.16. The Morgan fingerprint density at radius 1 is 1.19 bits per heavy atom. The van der Waals surface area contributed by atoms with Gasteiger partial charge in [-0.1, -0.05) is 11.6 Å². The van der Waals surface area contributed by atoms with Crippen LogP contribution in [0.5, 0.6) is 11.5 Å². The van der Waals surface area contributed by atoms with Crippen molar-refractivity contribution < 1.29 is 14.6 Å². The highest BCUT2D eigenvalue weighted by atomic mass is 35.5. The summed E-state index contributed by atoms with van der Waals surface area (Å²) >= 11 is 7.82. The number of benzene rings is 1. The summed E-state index contributed by atoms with van der Waals surface area (Å²) in [6.45, 7) is 6.84. The Kier molecular flexibility index (Phi) is 5.51. The van der Waals surface area contributed by atoms with Crippen molar-refractivity contribution in [3.05, 3.63) is 44.6 Å². The number of halogens is 1. The van der Waals surface area contributed by atoms with E-state index in [9.17, 15) is 5.11 Å². The van der Waals surface area contributed by atoms with Gasteiger partial charge in [0.15, 0.2) is 11.5 Å². The number of aryl methyl sites for hydroxylation is 1. The molecule has 1 heterocycles. The zero-order valence-corrected chi connectivity index (χ0v) is 13.9. The second-order valence-corrected chi connectivity index (χ2v) is 5.91. The molecule has 0 aliphatic carbocycles.